The first-order chi connectivity index (χ1) is 18.7. The fourth-order valence-electron chi connectivity index (χ4n) is 3.60. The van der Waals surface area contributed by atoms with Crippen molar-refractivity contribution >= 4 is 48.5 Å². The van der Waals surface area contributed by atoms with E-state index >= 15 is 0 Å². The highest BCUT2D eigenvalue weighted by Crippen LogP contribution is 2.29. The number of aldehydes is 1. The van der Waals surface area contributed by atoms with Crippen LogP contribution in [0.5, 0.6) is 0 Å². The van der Waals surface area contributed by atoms with Crippen LogP contribution in [-0.2, 0) is 28.7 Å². The standard InChI is InChI=1S/C24H34N4O11S/c1-2-24(40,23(38)28-13(20(25)35)8-9-16(32)33)19(21(26)36)39-18(17(34)15(31)11-30)14(10-29)27-22(37)12-6-4-3-5-7-12/h3-7,10,13-15,17-19,30-31,34,40H,2,8-9,11H2,1H3,(H2,25,35)(H2,26,36)(H,27,37)(H,28,38)(H,32,33)/t13?,14-,15+,17+,18+,19?,24?/m0/s1. The number of amides is 4. The lowest BCUT2D eigenvalue weighted by atomic mass is 9.93. The summed E-state index contributed by atoms with van der Waals surface area (Å²) in [4.78, 5) is 73.1. The van der Waals surface area contributed by atoms with Crippen molar-refractivity contribution in [1.29, 1.82) is 0 Å². The van der Waals surface area contributed by atoms with Gasteiger partial charge < -0.3 is 52.1 Å². The summed E-state index contributed by atoms with van der Waals surface area (Å²) in [5, 5.41) is 43.5. The number of nitrogens with two attached hydrogens (primary N) is 2. The lowest BCUT2D eigenvalue weighted by Crippen LogP contribution is -2.63. The fourth-order valence-corrected chi connectivity index (χ4v) is 3.85. The molecule has 0 aliphatic rings. The summed E-state index contributed by atoms with van der Waals surface area (Å²) in [6, 6.07) is 4.30. The highest BCUT2D eigenvalue weighted by Gasteiger charge is 2.49. The van der Waals surface area contributed by atoms with Crippen LogP contribution in [0.3, 0.4) is 0 Å². The Bertz CT molecular complexity index is 1060. The number of carbonyl (C=O) groups excluding carboxylic acids is 5. The summed E-state index contributed by atoms with van der Waals surface area (Å²) in [5.74, 6) is -5.63. The molecule has 0 saturated heterocycles. The number of aliphatic hydroxyl groups is 3. The van der Waals surface area contributed by atoms with Gasteiger partial charge in [-0.15, -0.1) is 0 Å². The smallest absolute Gasteiger partial charge is 0.303 e. The molecule has 10 N–H and O–H groups in total. The van der Waals surface area contributed by atoms with Gasteiger partial charge in [0.1, 0.15) is 41.4 Å². The molecule has 4 amide bonds. The van der Waals surface area contributed by atoms with E-state index in [9.17, 15) is 44.1 Å². The molecular weight excluding hydrogens is 552 g/mol. The third-order valence-electron chi connectivity index (χ3n) is 5.97. The quantitative estimate of drug-likeness (QED) is 0.0612. The molecule has 0 spiro atoms. The van der Waals surface area contributed by atoms with E-state index in [0.717, 1.165) is 0 Å². The Labute approximate surface area is 234 Å². The molecule has 0 aromatic heterocycles. The first-order valence-electron chi connectivity index (χ1n) is 12.0. The highest BCUT2D eigenvalue weighted by atomic mass is 32.1. The second-order valence-corrected chi connectivity index (χ2v) is 9.56. The average molecular weight is 587 g/mol. The fraction of sp³-hybridized carbons (Fsp3) is 0.500. The molecule has 0 radical (unpaired) electrons. The van der Waals surface area contributed by atoms with Crippen LogP contribution in [0, 0.1) is 0 Å². The molecule has 0 saturated carbocycles. The predicted octanol–water partition coefficient (Wildman–Crippen LogP) is -3.15. The largest absolute Gasteiger partial charge is 0.481 e. The van der Waals surface area contributed by atoms with E-state index < -0.39 is 90.3 Å². The molecule has 0 fully saturated rings. The SMILES string of the molecule is CCC(S)(C(=O)NC(CCC(=O)O)C(N)=O)C(O[C@@H]([C@H](O)[C@H](O)CO)[C@H](C=O)NC(=O)c1ccccc1)C(N)=O. The summed E-state index contributed by atoms with van der Waals surface area (Å²) in [5.41, 5.74) is 10.8. The van der Waals surface area contributed by atoms with Crippen molar-refractivity contribution in [2.45, 2.75) is 67.4 Å². The van der Waals surface area contributed by atoms with Crippen molar-refractivity contribution in [2.24, 2.45) is 11.5 Å². The minimum atomic E-state index is -2.21. The van der Waals surface area contributed by atoms with E-state index in [1.807, 2.05) is 0 Å². The van der Waals surface area contributed by atoms with Crippen LogP contribution in [0.25, 0.3) is 0 Å². The minimum Gasteiger partial charge on any atom is -0.481 e. The first-order valence-corrected chi connectivity index (χ1v) is 12.5. The van der Waals surface area contributed by atoms with Crippen LogP contribution in [0.15, 0.2) is 30.3 Å². The lowest BCUT2D eigenvalue weighted by Gasteiger charge is -2.38. The number of rotatable bonds is 18. The van der Waals surface area contributed by atoms with Crippen molar-refractivity contribution in [3.8, 4) is 0 Å². The van der Waals surface area contributed by atoms with Gasteiger partial charge in [0.05, 0.1) is 6.61 Å². The van der Waals surface area contributed by atoms with E-state index in [1.165, 1.54) is 31.2 Å². The molecule has 1 aromatic carbocycles. The van der Waals surface area contributed by atoms with E-state index in [-0.39, 0.29) is 18.3 Å². The van der Waals surface area contributed by atoms with Crippen LogP contribution in [0.2, 0.25) is 0 Å². The zero-order valence-electron chi connectivity index (χ0n) is 21.5. The molecule has 0 aliphatic carbocycles. The number of nitrogens with one attached hydrogen (secondary N) is 2. The number of aliphatic hydroxyl groups excluding tert-OH is 3. The van der Waals surface area contributed by atoms with Gasteiger partial charge in [0.2, 0.25) is 17.7 Å². The van der Waals surface area contributed by atoms with E-state index in [2.05, 4.69) is 23.3 Å². The number of ether oxygens (including phenoxy) is 1. The zero-order valence-corrected chi connectivity index (χ0v) is 22.4. The summed E-state index contributed by atoms with van der Waals surface area (Å²) >= 11 is 4.27. The van der Waals surface area contributed by atoms with Gasteiger partial charge in [-0.25, -0.2) is 0 Å². The Morgan fingerprint density at radius 1 is 1.07 bits per heavy atom. The van der Waals surface area contributed by atoms with Crippen molar-refractivity contribution in [3.05, 3.63) is 35.9 Å². The number of benzene rings is 1. The molecule has 0 heterocycles. The monoisotopic (exact) mass is 586 g/mol. The number of thiol groups is 1. The Morgan fingerprint density at radius 3 is 2.12 bits per heavy atom. The maximum Gasteiger partial charge on any atom is 0.303 e. The normalized spacial score (nSPS) is 17.1. The minimum absolute atomic E-state index is 0.104. The van der Waals surface area contributed by atoms with Crippen molar-refractivity contribution in [3.63, 3.8) is 0 Å². The van der Waals surface area contributed by atoms with Gasteiger partial charge >= 0.3 is 5.97 Å². The number of hydrogen-bond acceptors (Lipinski definition) is 11. The molecule has 16 heteroatoms. The Hall–Kier alpha value is -3.57. The van der Waals surface area contributed by atoms with Crippen LogP contribution in [0.1, 0.15) is 36.5 Å². The molecule has 1 aromatic rings. The summed E-state index contributed by atoms with van der Waals surface area (Å²) in [6.45, 7) is 0.357. The van der Waals surface area contributed by atoms with Gasteiger partial charge in [0, 0.05) is 12.0 Å². The van der Waals surface area contributed by atoms with Crippen LogP contribution < -0.4 is 22.1 Å². The molecule has 40 heavy (non-hydrogen) atoms. The van der Waals surface area contributed by atoms with E-state index in [1.54, 1.807) is 6.07 Å². The van der Waals surface area contributed by atoms with Gasteiger partial charge in [-0.05, 0) is 25.0 Å². The van der Waals surface area contributed by atoms with Crippen LogP contribution in [0.4, 0.5) is 0 Å². The number of carbonyl (C=O) groups is 6. The number of hydrogen-bond donors (Lipinski definition) is 9. The Kier molecular flexibility index (Phi) is 13.7. The van der Waals surface area contributed by atoms with Crippen LogP contribution >= 0.6 is 12.6 Å². The highest BCUT2D eigenvalue weighted by molar-refractivity contribution is 7.82. The molecule has 1 rings (SSSR count). The third-order valence-corrected chi connectivity index (χ3v) is 6.72. The summed E-state index contributed by atoms with van der Waals surface area (Å²) in [6.07, 6.45) is -9.19. The molecule has 3 unspecified atom stereocenters. The average Bonchev–Trinajstić information content (AvgIpc) is 2.93. The number of primary amides is 2. The van der Waals surface area contributed by atoms with Crippen molar-refractivity contribution in [2.75, 3.05) is 6.61 Å². The van der Waals surface area contributed by atoms with E-state index in [0.29, 0.717) is 0 Å². The number of carboxylic acid groups (broad SMARTS) is 1. The van der Waals surface area contributed by atoms with Crippen molar-refractivity contribution in [1.82, 2.24) is 10.6 Å². The summed E-state index contributed by atoms with van der Waals surface area (Å²) < 4.78 is 3.41. The topological polar surface area (TPSA) is 269 Å². The van der Waals surface area contributed by atoms with E-state index in [4.69, 9.17) is 21.3 Å². The Balaban J connectivity index is 3.42. The molecule has 15 nitrogen and oxygen atoms in total. The van der Waals surface area contributed by atoms with Gasteiger partial charge in [0.25, 0.3) is 5.91 Å². The van der Waals surface area contributed by atoms with Gasteiger partial charge in [0.15, 0.2) is 6.10 Å². The molecule has 0 bridgehead atoms. The van der Waals surface area contributed by atoms with Gasteiger partial charge in [-0.2, -0.15) is 12.6 Å². The molecule has 7 atom stereocenters. The second kappa shape index (κ2) is 15.9. The molecular formula is C24H34N4O11S. The second-order valence-electron chi connectivity index (χ2n) is 8.76. The van der Waals surface area contributed by atoms with Crippen molar-refractivity contribution < 1.29 is 53.9 Å². The number of aliphatic carboxylic acids is 1. The van der Waals surface area contributed by atoms with Gasteiger partial charge in [-0.3, -0.25) is 24.0 Å². The Morgan fingerprint density at radius 2 is 1.68 bits per heavy atom. The third kappa shape index (κ3) is 9.27. The lowest BCUT2D eigenvalue weighted by molar-refractivity contribution is -0.163. The van der Waals surface area contributed by atoms with Gasteiger partial charge in [-0.1, -0.05) is 25.1 Å². The zero-order chi connectivity index (χ0) is 30.6. The number of carboxylic acids is 1. The summed E-state index contributed by atoms with van der Waals surface area (Å²) in [7, 11) is 0. The first kappa shape index (κ1) is 34.5. The molecule has 0 aliphatic heterocycles. The van der Waals surface area contributed by atoms with Crippen LogP contribution in [-0.4, -0.2) is 104 Å². The molecule has 222 valence electrons. The maximum absolute atomic E-state index is 13.2. The maximum atomic E-state index is 13.2. The predicted molar refractivity (Wildman–Crippen MR) is 141 cm³/mol.